The van der Waals surface area contributed by atoms with E-state index in [4.69, 9.17) is 4.74 Å². The van der Waals surface area contributed by atoms with E-state index < -0.39 is 0 Å². The molecule has 15 heavy (non-hydrogen) atoms. The van der Waals surface area contributed by atoms with E-state index in [0.717, 1.165) is 17.0 Å². The summed E-state index contributed by atoms with van der Waals surface area (Å²) in [6, 6.07) is 8.54. The van der Waals surface area contributed by atoms with Crippen LogP contribution in [0.4, 0.5) is 0 Å². The topological polar surface area (TPSA) is 27.1 Å². The molecule has 0 aliphatic heterocycles. The fourth-order valence-corrected chi connectivity index (χ4v) is 1.46. The zero-order chi connectivity index (χ0) is 10.8. The Morgan fingerprint density at radius 3 is 2.53 bits per heavy atom. The van der Waals surface area contributed by atoms with Crippen molar-refractivity contribution < 1.29 is 4.74 Å². The second kappa shape index (κ2) is 3.77. The fourth-order valence-electron chi connectivity index (χ4n) is 1.46. The summed E-state index contributed by atoms with van der Waals surface area (Å²) in [5, 5.41) is 0. The van der Waals surface area contributed by atoms with Crippen LogP contribution in [0.2, 0.25) is 0 Å². The van der Waals surface area contributed by atoms with Gasteiger partial charge in [-0.15, -0.1) is 0 Å². The third-order valence-electron chi connectivity index (χ3n) is 2.25. The van der Waals surface area contributed by atoms with Crippen molar-refractivity contribution >= 4 is 0 Å². The number of benzene rings is 1. The van der Waals surface area contributed by atoms with Crippen molar-refractivity contribution in [2.45, 2.75) is 13.8 Å². The van der Waals surface area contributed by atoms with E-state index in [2.05, 4.69) is 4.98 Å². The molecule has 0 atom stereocenters. The lowest BCUT2D eigenvalue weighted by Crippen LogP contribution is -1.94. The molecular formula is C12H14N2O. The average Bonchev–Trinajstić information content (AvgIpc) is 2.49. The van der Waals surface area contributed by atoms with Gasteiger partial charge < -0.3 is 9.30 Å². The monoisotopic (exact) mass is 202 g/mol. The van der Waals surface area contributed by atoms with Crippen molar-refractivity contribution in [1.29, 1.82) is 0 Å². The molecule has 0 bridgehead atoms. The Morgan fingerprint density at radius 2 is 1.93 bits per heavy atom. The van der Waals surface area contributed by atoms with Crippen molar-refractivity contribution in [1.82, 2.24) is 9.55 Å². The summed E-state index contributed by atoms with van der Waals surface area (Å²) in [5.41, 5.74) is 2.07. The normalized spacial score (nSPS) is 10.3. The fraction of sp³-hybridized carbons (Fsp3) is 0.250. The Morgan fingerprint density at radius 1 is 1.20 bits per heavy atom. The molecule has 2 aromatic rings. The molecule has 0 fully saturated rings. The standard InChI is InChI=1S/C12H14N2O/c1-9-6-4-5-7-11(9)15-12-13-10(2)8-14(12)3/h4-8H,1-3H3. The van der Waals surface area contributed by atoms with Crippen molar-refractivity contribution in [3.05, 3.63) is 41.7 Å². The maximum absolute atomic E-state index is 5.71. The highest BCUT2D eigenvalue weighted by molar-refractivity contribution is 5.34. The predicted octanol–water partition coefficient (Wildman–Crippen LogP) is 2.83. The number of hydrogen-bond acceptors (Lipinski definition) is 2. The molecule has 78 valence electrons. The highest BCUT2D eigenvalue weighted by atomic mass is 16.5. The molecule has 2 rings (SSSR count). The van der Waals surface area contributed by atoms with Crippen LogP contribution >= 0.6 is 0 Å². The Labute approximate surface area is 89.3 Å². The summed E-state index contributed by atoms with van der Waals surface area (Å²) >= 11 is 0. The number of rotatable bonds is 2. The van der Waals surface area contributed by atoms with Crippen LogP contribution in [0.15, 0.2) is 30.5 Å². The number of aromatic nitrogens is 2. The van der Waals surface area contributed by atoms with Crippen LogP contribution in [0.1, 0.15) is 11.3 Å². The molecule has 1 aromatic heterocycles. The SMILES string of the molecule is Cc1cn(C)c(Oc2ccccc2C)n1. The molecule has 0 radical (unpaired) electrons. The molecule has 0 saturated heterocycles. The summed E-state index contributed by atoms with van der Waals surface area (Å²) in [5.74, 6) is 0.853. The molecule has 0 N–H and O–H groups in total. The first-order valence-corrected chi connectivity index (χ1v) is 4.90. The van der Waals surface area contributed by atoms with Gasteiger partial charge >= 0.3 is 6.01 Å². The van der Waals surface area contributed by atoms with Crippen LogP contribution in [0.3, 0.4) is 0 Å². The molecule has 3 heteroatoms. The maximum Gasteiger partial charge on any atom is 0.301 e. The van der Waals surface area contributed by atoms with Crippen molar-refractivity contribution in [3.8, 4) is 11.8 Å². The number of imidazole rings is 1. The van der Waals surface area contributed by atoms with Crippen molar-refractivity contribution in [2.24, 2.45) is 7.05 Å². The quantitative estimate of drug-likeness (QED) is 0.748. The molecule has 0 saturated carbocycles. The third-order valence-corrected chi connectivity index (χ3v) is 2.25. The minimum Gasteiger partial charge on any atom is -0.425 e. The summed E-state index contributed by atoms with van der Waals surface area (Å²) < 4.78 is 7.59. The van der Waals surface area contributed by atoms with Gasteiger partial charge in [0.1, 0.15) is 5.75 Å². The number of aryl methyl sites for hydroxylation is 3. The van der Waals surface area contributed by atoms with Gasteiger partial charge in [0.25, 0.3) is 0 Å². The van der Waals surface area contributed by atoms with Gasteiger partial charge in [0, 0.05) is 13.2 Å². The molecular weight excluding hydrogens is 188 g/mol. The second-order valence-electron chi connectivity index (χ2n) is 3.64. The highest BCUT2D eigenvalue weighted by Gasteiger charge is 2.05. The lowest BCUT2D eigenvalue weighted by atomic mass is 10.2. The van der Waals surface area contributed by atoms with Crippen molar-refractivity contribution in [2.75, 3.05) is 0 Å². The maximum atomic E-state index is 5.71. The molecule has 1 heterocycles. The minimum absolute atomic E-state index is 0.627. The highest BCUT2D eigenvalue weighted by Crippen LogP contribution is 2.23. The molecule has 0 amide bonds. The molecule has 0 aliphatic rings. The van der Waals surface area contributed by atoms with Gasteiger partial charge in [0.15, 0.2) is 0 Å². The largest absolute Gasteiger partial charge is 0.425 e. The average molecular weight is 202 g/mol. The van der Waals surface area contributed by atoms with E-state index in [1.807, 2.05) is 55.9 Å². The van der Waals surface area contributed by atoms with Gasteiger partial charge in [-0.3, -0.25) is 0 Å². The third kappa shape index (κ3) is 2.01. The van der Waals surface area contributed by atoms with Gasteiger partial charge in [-0.25, -0.2) is 4.98 Å². The number of para-hydroxylation sites is 1. The van der Waals surface area contributed by atoms with E-state index in [1.54, 1.807) is 0 Å². The van der Waals surface area contributed by atoms with E-state index in [9.17, 15) is 0 Å². The Balaban J connectivity index is 2.29. The Bertz CT molecular complexity index is 474. The molecule has 0 unspecified atom stereocenters. The van der Waals surface area contributed by atoms with Crippen LogP contribution in [-0.2, 0) is 7.05 Å². The first kappa shape index (κ1) is 9.77. The minimum atomic E-state index is 0.627. The van der Waals surface area contributed by atoms with Crippen LogP contribution in [0, 0.1) is 13.8 Å². The molecule has 3 nitrogen and oxygen atoms in total. The summed E-state index contributed by atoms with van der Waals surface area (Å²) in [4.78, 5) is 4.29. The van der Waals surface area contributed by atoms with Crippen molar-refractivity contribution in [3.63, 3.8) is 0 Å². The van der Waals surface area contributed by atoms with Crippen LogP contribution in [0.5, 0.6) is 11.8 Å². The second-order valence-corrected chi connectivity index (χ2v) is 3.64. The smallest absolute Gasteiger partial charge is 0.301 e. The zero-order valence-electron chi connectivity index (χ0n) is 9.19. The van der Waals surface area contributed by atoms with Gasteiger partial charge in [-0.05, 0) is 25.5 Å². The van der Waals surface area contributed by atoms with Crippen LogP contribution in [0.25, 0.3) is 0 Å². The van der Waals surface area contributed by atoms with Gasteiger partial charge in [-0.1, -0.05) is 18.2 Å². The van der Waals surface area contributed by atoms with Gasteiger partial charge in [-0.2, -0.15) is 0 Å². The number of nitrogens with zero attached hydrogens (tertiary/aromatic N) is 2. The zero-order valence-corrected chi connectivity index (χ0v) is 9.19. The summed E-state index contributed by atoms with van der Waals surface area (Å²) in [7, 11) is 1.92. The lowest BCUT2D eigenvalue weighted by Gasteiger charge is -2.06. The molecule has 1 aromatic carbocycles. The molecule has 0 spiro atoms. The Kier molecular flexibility index (Phi) is 2.46. The predicted molar refractivity (Wildman–Crippen MR) is 59.2 cm³/mol. The number of ether oxygens (including phenoxy) is 1. The first-order valence-electron chi connectivity index (χ1n) is 4.90. The van der Waals surface area contributed by atoms with E-state index in [0.29, 0.717) is 6.01 Å². The van der Waals surface area contributed by atoms with E-state index >= 15 is 0 Å². The van der Waals surface area contributed by atoms with E-state index in [-0.39, 0.29) is 0 Å². The molecule has 0 aliphatic carbocycles. The lowest BCUT2D eigenvalue weighted by molar-refractivity contribution is 0.421. The van der Waals surface area contributed by atoms with Gasteiger partial charge in [0.05, 0.1) is 5.69 Å². The summed E-state index contributed by atoms with van der Waals surface area (Å²) in [6.45, 7) is 3.97. The Hall–Kier alpha value is -1.77. The summed E-state index contributed by atoms with van der Waals surface area (Å²) in [6.07, 6.45) is 1.94. The van der Waals surface area contributed by atoms with E-state index in [1.165, 1.54) is 0 Å². The first-order chi connectivity index (χ1) is 7.16. The number of hydrogen-bond donors (Lipinski definition) is 0. The van der Waals surface area contributed by atoms with Crippen LogP contribution < -0.4 is 4.74 Å². The van der Waals surface area contributed by atoms with Crippen LogP contribution in [-0.4, -0.2) is 9.55 Å². The van der Waals surface area contributed by atoms with Gasteiger partial charge in [0.2, 0.25) is 0 Å².